The first-order valence-electron chi connectivity index (χ1n) is 8.75. The molecule has 1 aromatic carbocycles. The summed E-state index contributed by atoms with van der Waals surface area (Å²) < 4.78 is 15.7. The highest BCUT2D eigenvalue weighted by molar-refractivity contribution is 5.96. The van der Waals surface area contributed by atoms with Gasteiger partial charge in [0.15, 0.2) is 5.69 Å². The van der Waals surface area contributed by atoms with Gasteiger partial charge in [-0.15, -0.1) is 0 Å². The van der Waals surface area contributed by atoms with Gasteiger partial charge in [-0.25, -0.2) is 9.07 Å². The molecule has 0 radical (unpaired) electrons. The van der Waals surface area contributed by atoms with Crippen LogP contribution in [0.3, 0.4) is 0 Å². The van der Waals surface area contributed by atoms with Gasteiger partial charge in [0, 0.05) is 17.8 Å². The van der Waals surface area contributed by atoms with E-state index < -0.39 is 17.7 Å². The Morgan fingerprint density at radius 3 is 2.69 bits per heavy atom. The van der Waals surface area contributed by atoms with Crippen molar-refractivity contribution in [2.75, 3.05) is 13.1 Å². The van der Waals surface area contributed by atoms with E-state index in [4.69, 9.17) is 5.11 Å². The zero-order valence-corrected chi connectivity index (χ0v) is 14.9. The summed E-state index contributed by atoms with van der Waals surface area (Å²) in [4.78, 5) is 25.5. The standard InChI is InChI=1S/C19H22FN3O3/c1-12(2)10-22(11-17(24)25)19(26)18-13-6-5-9-15(13)23(21-18)16-8-4-3-7-14(16)20/h3-4,7-8,12H,5-6,9-11H2,1-2H3,(H,24,25). The van der Waals surface area contributed by atoms with Crippen LogP contribution in [-0.2, 0) is 17.6 Å². The maximum absolute atomic E-state index is 14.2. The smallest absolute Gasteiger partial charge is 0.323 e. The van der Waals surface area contributed by atoms with Crippen LogP contribution >= 0.6 is 0 Å². The summed E-state index contributed by atoms with van der Waals surface area (Å²) in [6.45, 7) is 3.79. The number of para-hydroxylation sites is 1. The maximum atomic E-state index is 14.2. The van der Waals surface area contributed by atoms with E-state index >= 15 is 0 Å². The Kier molecular flexibility index (Phi) is 5.06. The number of amides is 1. The molecule has 1 aliphatic rings. The number of benzene rings is 1. The van der Waals surface area contributed by atoms with E-state index in [1.54, 1.807) is 18.2 Å². The van der Waals surface area contributed by atoms with Crippen molar-refractivity contribution in [3.05, 3.63) is 47.0 Å². The van der Waals surface area contributed by atoms with E-state index in [9.17, 15) is 14.0 Å². The average molecular weight is 359 g/mol. The normalized spacial score (nSPS) is 13.1. The number of carbonyl (C=O) groups is 2. The van der Waals surface area contributed by atoms with Crippen molar-refractivity contribution in [1.82, 2.24) is 14.7 Å². The van der Waals surface area contributed by atoms with Gasteiger partial charge in [0.2, 0.25) is 0 Å². The lowest BCUT2D eigenvalue weighted by molar-refractivity contribution is -0.137. The van der Waals surface area contributed by atoms with Gasteiger partial charge in [0.25, 0.3) is 5.91 Å². The molecule has 1 aromatic heterocycles. The number of halogens is 1. The molecule has 1 aliphatic carbocycles. The van der Waals surface area contributed by atoms with Crippen molar-refractivity contribution >= 4 is 11.9 Å². The molecule has 2 aromatic rings. The summed E-state index contributed by atoms with van der Waals surface area (Å²) in [5.74, 6) is -1.76. The third-order valence-corrected chi connectivity index (χ3v) is 4.41. The average Bonchev–Trinajstić information content (AvgIpc) is 3.16. The minimum absolute atomic E-state index is 0.125. The monoisotopic (exact) mass is 359 g/mol. The fraction of sp³-hybridized carbons (Fsp3) is 0.421. The third-order valence-electron chi connectivity index (χ3n) is 4.41. The van der Waals surface area contributed by atoms with Crippen LogP contribution in [0.15, 0.2) is 24.3 Å². The molecule has 6 nitrogen and oxygen atoms in total. The first-order valence-corrected chi connectivity index (χ1v) is 8.75. The Hall–Kier alpha value is -2.70. The molecule has 0 atom stereocenters. The number of hydrogen-bond acceptors (Lipinski definition) is 3. The van der Waals surface area contributed by atoms with Gasteiger partial charge in [0.05, 0.1) is 0 Å². The largest absolute Gasteiger partial charge is 0.480 e. The number of carbonyl (C=O) groups excluding carboxylic acids is 1. The quantitative estimate of drug-likeness (QED) is 0.860. The van der Waals surface area contributed by atoms with Gasteiger partial charge < -0.3 is 10.0 Å². The molecule has 0 fully saturated rings. The minimum Gasteiger partial charge on any atom is -0.480 e. The summed E-state index contributed by atoms with van der Waals surface area (Å²) in [6.07, 6.45) is 2.27. The number of hydrogen-bond donors (Lipinski definition) is 1. The molecule has 1 heterocycles. The summed E-state index contributed by atoms with van der Waals surface area (Å²) in [5, 5.41) is 13.5. The highest BCUT2D eigenvalue weighted by Crippen LogP contribution is 2.29. The number of nitrogens with zero attached hydrogens (tertiary/aromatic N) is 3. The van der Waals surface area contributed by atoms with Gasteiger partial charge in [0.1, 0.15) is 18.0 Å². The van der Waals surface area contributed by atoms with Crippen LogP contribution in [0.2, 0.25) is 0 Å². The van der Waals surface area contributed by atoms with Crippen molar-refractivity contribution in [2.24, 2.45) is 5.92 Å². The van der Waals surface area contributed by atoms with E-state index in [0.29, 0.717) is 25.1 Å². The summed E-state index contributed by atoms with van der Waals surface area (Å²) >= 11 is 0. The van der Waals surface area contributed by atoms with E-state index in [1.807, 2.05) is 13.8 Å². The molecule has 1 amide bonds. The lowest BCUT2D eigenvalue weighted by atomic mass is 10.1. The van der Waals surface area contributed by atoms with Gasteiger partial charge in [-0.05, 0) is 37.3 Å². The number of carboxylic acids is 1. The van der Waals surface area contributed by atoms with E-state index in [2.05, 4.69) is 5.10 Å². The first kappa shape index (κ1) is 18.1. The molecule has 1 N–H and O–H groups in total. The Labute approximate surface area is 151 Å². The van der Waals surface area contributed by atoms with Crippen LogP contribution in [0, 0.1) is 11.7 Å². The lowest BCUT2D eigenvalue weighted by Crippen LogP contribution is -2.38. The first-order chi connectivity index (χ1) is 12.4. The van der Waals surface area contributed by atoms with Crippen molar-refractivity contribution in [3.63, 3.8) is 0 Å². The van der Waals surface area contributed by atoms with Crippen molar-refractivity contribution in [1.29, 1.82) is 0 Å². The van der Waals surface area contributed by atoms with E-state index in [1.165, 1.54) is 15.6 Å². The molecular weight excluding hydrogens is 337 g/mol. The second-order valence-corrected chi connectivity index (χ2v) is 6.96. The lowest BCUT2D eigenvalue weighted by Gasteiger charge is -2.22. The molecule has 3 rings (SSSR count). The molecule has 0 bridgehead atoms. The highest BCUT2D eigenvalue weighted by Gasteiger charge is 2.31. The molecule has 0 saturated carbocycles. The highest BCUT2D eigenvalue weighted by atomic mass is 19.1. The summed E-state index contributed by atoms with van der Waals surface area (Å²) in [7, 11) is 0. The Bertz CT molecular complexity index is 845. The number of aromatic nitrogens is 2. The third kappa shape index (κ3) is 3.47. The van der Waals surface area contributed by atoms with Crippen LogP contribution in [0.4, 0.5) is 4.39 Å². The molecular formula is C19H22FN3O3. The van der Waals surface area contributed by atoms with E-state index in [0.717, 1.165) is 17.7 Å². The maximum Gasteiger partial charge on any atom is 0.323 e. The Morgan fingerprint density at radius 2 is 2.04 bits per heavy atom. The van der Waals surface area contributed by atoms with Crippen LogP contribution < -0.4 is 0 Å². The zero-order valence-electron chi connectivity index (χ0n) is 14.9. The fourth-order valence-electron chi connectivity index (χ4n) is 3.41. The molecule has 0 unspecified atom stereocenters. The van der Waals surface area contributed by atoms with Crippen LogP contribution in [0.1, 0.15) is 42.0 Å². The predicted molar refractivity (Wildman–Crippen MR) is 93.9 cm³/mol. The fourth-order valence-corrected chi connectivity index (χ4v) is 3.41. The topological polar surface area (TPSA) is 75.4 Å². The van der Waals surface area contributed by atoms with Crippen molar-refractivity contribution in [3.8, 4) is 5.69 Å². The number of rotatable bonds is 6. The molecule has 0 spiro atoms. The van der Waals surface area contributed by atoms with Crippen LogP contribution in [0.25, 0.3) is 5.69 Å². The van der Waals surface area contributed by atoms with Crippen molar-refractivity contribution in [2.45, 2.75) is 33.1 Å². The molecule has 26 heavy (non-hydrogen) atoms. The number of aliphatic carboxylic acids is 1. The second-order valence-electron chi connectivity index (χ2n) is 6.96. The van der Waals surface area contributed by atoms with E-state index in [-0.39, 0.29) is 18.2 Å². The zero-order chi connectivity index (χ0) is 18.8. The van der Waals surface area contributed by atoms with Gasteiger partial charge in [-0.1, -0.05) is 26.0 Å². The Morgan fingerprint density at radius 1 is 1.31 bits per heavy atom. The molecule has 138 valence electrons. The minimum atomic E-state index is -1.07. The Balaban J connectivity index is 2.03. The predicted octanol–water partition coefficient (Wildman–Crippen LogP) is 2.68. The van der Waals surface area contributed by atoms with Crippen LogP contribution in [0.5, 0.6) is 0 Å². The molecule has 0 saturated heterocycles. The summed E-state index contributed by atoms with van der Waals surface area (Å²) in [5.41, 5.74) is 2.18. The number of fused-ring (bicyclic) bond motifs is 1. The molecule has 7 heteroatoms. The van der Waals surface area contributed by atoms with Crippen molar-refractivity contribution < 1.29 is 19.1 Å². The van der Waals surface area contributed by atoms with Gasteiger partial charge in [-0.2, -0.15) is 5.10 Å². The van der Waals surface area contributed by atoms with Gasteiger partial charge in [-0.3, -0.25) is 9.59 Å². The summed E-state index contributed by atoms with van der Waals surface area (Å²) in [6, 6.07) is 6.30. The molecule has 0 aliphatic heterocycles. The second kappa shape index (κ2) is 7.27. The number of carboxylic acid groups (broad SMARTS) is 1. The van der Waals surface area contributed by atoms with Crippen LogP contribution in [-0.4, -0.2) is 44.8 Å². The van der Waals surface area contributed by atoms with Gasteiger partial charge >= 0.3 is 5.97 Å². The SMILES string of the molecule is CC(C)CN(CC(=O)O)C(=O)c1nn(-c2ccccc2F)c2c1CCC2.